The number of alkyl halides is 12. The maximum absolute atomic E-state index is 13.2. The van der Waals surface area contributed by atoms with Gasteiger partial charge in [0.05, 0.1) is 5.60 Å². The van der Waals surface area contributed by atoms with Gasteiger partial charge in [-0.05, 0) is 46.0 Å². The third-order valence-electron chi connectivity index (χ3n) is 6.67. The monoisotopic (exact) mass is 700 g/mol. The molecule has 1 saturated heterocycles. The van der Waals surface area contributed by atoms with Crippen LogP contribution in [0.4, 0.5) is 52.7 Å². The minimum atomic E-state index is -6.05. The van der Waals surface area contributed by atoms with E-state index in [1.54, 1.807) is 13.0 Å². The van der Waals surface area contributed by atoms with Gasteiger partial charge in [0.25, 0.3) is 0 Å². The minimum absolute atomic E-state index is 0.212. The van der Waals surface area contributed by atoms with E-state index in [1.165, 1.54) is 13.8 Å². The molecule has 46 heavy (non-hydrogen) atoms. The number of hydrogen-bond donors (Lipinski definition) is 0. The molecular weight excluding hydrogens is 676 g/mol. The molecule has 1 aliphatic heterocycles. The van der Waals surface area contributed by atoms with E-state index in [0.29, 0.717) is 12.8 Å². The van der Waals surface area contributed by atoms with E-state index in [2.05, 4.69) is 18.9 Å². The lowest BCUT2D eigenvalue weighted by atomic mass is 9.79. The Hall–Kier alpha value is -3.30. The number of rotatable bonds is 8. The van der Waals surface area contributed by atoms with E-state index in [0.717, 1.165) is 5.57 Å². The average Bonchev–Trinajstić information content (AvgIpc) is 2.88. The number of esters is 4. The van der Waals surface area contributed by atoms with E-state index in [-0.39, 0.29) is 6.42 Å². The van der Waals surface area contributed by atoms with Crippen molar-refractivity contribution in [3.05, 3.63) is 11.6 Å². The normalized spacial score (nSPS) is 26.5. The van der Waals surface area contributed by atoms with Crippen LogP contribution < -0.4 is 0 Å². The standard InChI is InChI=1S/C24H24F12O10/c1-9-4-6-10(7-5-9)20(2,3)46-15-14(45-19(40)24(34,35)36)13(44-18(39)23(31,32)33)12(43-17(38)22(28,29)30)11(42-15)8-41-16(37)21(25,26)27/h4,10-15H,5-8H2,1-3H3/t10?,11-,12-,13+,14-,15+/m1/s1. The van der Waals surface area contributed by atoms with Crippen LogP contribution in [0.3, 0.4) is 0 Å². The van der Waals surface area contributed by atoms with Gasteiger partial charge in [0.1, 0.15) is 12.7 Å². The number of carbonyl (C=O) groups excluding carboxylic acids is 4. The molecule has 264 valence electrons. The van der Waals surface area contributed by atoms with Gasteiger partial charge in [-0.25, -0.2) is 19.2 Å². The molecule has 1 unspecified atom stereocenters. The molecule has 0 aromatic rings. The summed E-state index contributed by atoms with van der Waals surface area (Å²) in [6.45, 7) is 2.34. The van der Waals surface area contributed by atoms with Crippen molar-refractivity contribution in [3.63, 3.8) is 0 Å². The minimum Gasteiger partial charge on any atom is -0.456 e. The average molecular weight is 700 g/mol. The zero-order valence-corrected chi connectivity index (χ0v) is 23.5. The van der Waals surface area contributed by atoms with Gasteiger partial charge in [0.2, 0.25) is 0 Å². The Morgan fingerprint density at radius 1 is 0.717 bits per heavy atom. The van der Waals surface area contributed by atoms with Crippen molar-refractivity contribution in [3.8, 4) is 0 Å². The van der Waals surface area contributed by atoms with Gasteiger partial charge in [-0.15, -0.1) is 0 Å². The molecule has 0 aromatic carbocycles. The fourth-order valence-corrected chi connectivity index (χ4v) is 4.31. The summed E-state index contributed by atoms with van der Waals surface area (Å²) >= 11 is 0. The molecule has 1 heterocycles. The number of ether oxygens (including phenoxy) is 6. The van der Waals surface area contributed by atoms with Crippen LogP contribution in [0.25, 0.3) is 0 Å². The Bertz CT molecular complexity index is 1170. The Morgan fingerprint density at radius 3 is 1.57 bits per heavy atom. The fraction of sp³-hybridized carbons (Fsp3) is 0.750. The van der Waals surface area contributed by atoms with Crippen molar-refractivity contribution < 1.29 is 100 Å². The van der Waals surface area contributed by atoms with E-state index in [1.807, 2.05) is 0 Å². The van der Waals surface area contributed by atoms with Gasteiger partial charge in [0.15, 0.2) is 24.6 Å². The third-order valence-corrected chi connectivity index (χ3v) is 6.67. The smallest absolute Gasteiger partial charge is 0.456 e. The van der Waals surface area contributed by atoms with Crippen molar-refractivity contribution in [1.29, 1.82) is 0 Å². The quantitative estimate of drug-likeness (QED) is 0.151. The van der Waals surface area contributed by atoms with Gasteiger partial charge in [-0.1, -0.05) is 11.6 Å². The van der Waals surface area contributed by atoms with Crippen LogP contribution >= 0.6 is 0 Å². The highest BCUT2D eigenvalue weighted by Crippen LogP contribution is 2.40. The second-order valence-electron chi connectivity index (χ2n) is 10.5. The van der Waals surface area contributed by atoms with Crippen LogP contribution in [0.2, 0.25) is 0 Å². The Balaban J connectivity index is 2.71. The highest BCUT2D eigenvalue weighted by molar-refractivity contribution is 5.78. The maximum Gasteiger partial charge on any atom is 0.490 e. The van der Waals surface area contributed by atoms with Gasteiger partial charge in [-0.2, -0.15) is 52.7 Å². The van der Waals surface area contributed by atoms with Gasteiger partial charge in [-0.3, -0.25) is 0 Å². The van der Waals surface area contributed by atoms with Gasteiger partial charge >= 0.3 is 48.6 Å². The lowest BCUT2D eigenvalue weighted by molar-refractivity contribution is -0.341. The van der Waals surface area contributed by atoms with Crippen LogP contribution in [0.1, 0.15) is 40.0 Å². The lowest BCUT2D eigenvalue weighted by Gasteiger charge is -2.47. The van der Waals surface area contributed by atoms with Gasteiger partial charge < -0.3 is 28.4 Å². The van der Waals surface area contributed by atoms with Crippen LogP contribution in [-0.2, 0) is 47.6 Å². The summed E-state index contributed by atoms with van der Waals surface area (Å²) < 4.78 is 183. The molecule has 0 saturated carbocycles. The first-order valence-corrected chi connectivity index (χ1v) is 12.7. The first-order valence-electron chi connectivity index (χ1n) is 12.7. The largest absolute Gasteiger partial charge is 0.490 e. The second-order valence-corrected chi connectivity index (χ2v) is 10.5. The maximum atomic E-state index is 13.2. The SMILES string of the molecule is CC1=CCC(C(C)(C)O[C@@H]2O[C@H](COC(=O)C(F)(F)F)[C@@H](OC(=O)C(F)(F)F)[C@H](OC(=O)C(F)(F)F)[C@H]2OC(=O)C(F)(F)F)CC1. The van der Waals surface area contributed by atoms with Crippen LogP contribution in [0.5, 0.6) is 0 Å². The summed E-state index contributed by atoms with van der Waals surface area (Å²) in [4.78, 5) is 46.5. The molecule has 1 fully saturated rings. The molecule has 6 atom stereocenters. The lowest BCUT2D eigenvalue weighted by Crippen LogP contribution is -2.65. The summed E-state index contributed by atoms with van der Waals surface area (Å²) in [6, 6.07) is 0. The molecule has 0 N–H and O–H groups in total. The third kappa shape index (κ3) is 10.4. The van der Waals surface area contributed by atoms with Crippen LogP contribution in [0, 0.1) is 5.92 Å². The Labute approximate surface area is 250 Å². The fourth-order valence-electron chi connectivity index (χ4n) is 4.31. The highest BCUT2D eigenvalue weighted by atomic mass is 19.4. The van der Waals surface area contributed by atoms with Crippen molar-refractivity contribution in [1.82, 2.24) is 0 Å². The molecule has 0 aromatic heterocycles. The van der Waals surface area contributed by atoms with Crippen molar-refractivity contribution in [2.24, 2.45) is 5.92 Å². The number of allylic oxidation sites excluding steroid dienone is 2. The zero-order valence-electron chi connectivity index (χ0n) is 23.5. The summed E-state index contributed by atoms with van der Waals surface area (Å²) in [5.74, 6) is -13.5. The Kier molecular flexibility index (Phi) is 11.7. The molecule has 0 bridgehead atoms. The van der Waals surface area contributed by atoms with E-state index >= 15 is 0 Å². The predicted octanol–water partition coefficient (Wildman–Crippen LogP) is 4.78. The first kappa shape index (κ1) is 38.9. The van der Waals surface area contributed by atoms with E-state index < -0.39 is 97.4 Å². The zero-order chi connectivity index (χ0) is 35.6. The molecule has 0 spiro atoms. The van der Waals surface area contributed by atoms with Gasteiger partial charge in [0, 0.05) is 0 Å². The highest BCUT2D eigenvalue weighted by Gasteiger charge is 2.60. The first-order chi connectivity index (χ1) is 20.6. The topological polar surface area (TPSA) is 124 Å². The summed E-state index contributed by atoms with van der Waals surface area (Å²) in [5.41, 5.74) is -0.732. The molecule has 0 amide bonds. The molecule has 2 aliphatic rings. The van der Waals surface area contributed by atoms with Crippen LogP contribution in [-0.4, -0.2) is 91.5 Å². The van der Waals surface area contributed by atoms with Crippen molar-refractivity contribution in [2.75, 3.05) is 6.61 Å². The van der Waals surface area contributed by atoms with Crippen molar-refractivity contribution in [2.45, 2.75) is 101 Å². The molecule has 22 heteroatoms. The number of hydrogen-bond acceptors (Lipinski definition) is 10. The molecule has 2 rings (SSSR count). The summed E-state index contributed by atoms with van der Waals surface area (Å²) in [6.07, 6.45) is -36.3. The number of halogens is 12. The molecule has 10 nitrogen and oxygen atoms in total. The Morgan fingerprint density at radius 2 is 1.15 bits per heavy atom. The second kappa shape index (κ2) is 13.8. The molecule has 0 radical (unpaired) electrons. The van der Waals surface area contributed by atoms with E-state index in [4.69, 9.17) is 9.47 Å². The summed E-state index contributed by atoms with van der Waals surface area (Å²) in [5, 5.41) is 0. The van der Waals surface area contributed by atoms with Crippen molar-refractivity contribution >= 4 is 23.9 Å². The predicted molar refractivity (Wildman–Crippen MR) is 120 cm³/mol. The molecule has 1 aliphatic carbocycles. The van der Waals surface area contributed by atoms with Crippen LogP contribution in [0.15, 0.2) is 11.6 Å². The number of carbonyl (C=O) groups is 4. The molecular formula is C24H24F12O10. The summed E-state index contributed by atoms with van der Waals surface area (Å²) in [7, 11) is 0. The van der Waals surface area contributed by atoms with E-state index in [9.17, 15) is 71.9 Å².